The highest BCUT2D eigenvalue weighted by Gasteiger charge is 2.30. The first-order valence-corrected chi connectivity index (χ1v) is 13.4. The van der Waals surface area contributed by atoms with E-state index in [4.69, 9.17) is 9.15 Å². The van der Waals surface area contributed by atoms with Crippen LogP contribution in [0.15, 0.2) is 81.3 Å². The third-order valence-corrected chi connectivity index (χ3v) is 7.97. The zero-order valence-corrected chi connectivity index (χ0v) is 20.7. The molecule has 0 saturated carbocycles. The van der Waals surface area contributed by atoms with E-state index in [1.807, 2.05) is 36.1 Å². The van der Waals surface area contributed by atoms with E-state index in [-0.39, 0.29) is 22.6 Å². The van der Waals surface area contributed by atoms with Crippen LogP contribution in [-0.2, 0) is 21.2 Å². The lowest BCUT2D eigenvalue weighted by Crippen LogP contribution is -2.36. The van der Waals surface area contributed by atoms with Crippen LogP contribution >= 0.6 is 11.8 Å². The lowest BCUT2D eigenvalue weighted by molar-refractivity contribution is -0.116. The fourth-order valence-corrected chi connectivity index (χ4v) is 5.97. The summed E-state index contributed by atoms with van der Waals surface area (Å²) in [5, 5.41) is 0.306. The second-order valence-electron chi connectivity index (χ2n) is 8.15. The predicted molar refractivity (Wildman–Crippen MR) is 136 cm³/mol. The quantitative estimate of drug-likeness (QED) is 0.360. The van der Waals surface area contributed by atoms with Gasteiger partial charge in [0.05, 0.1) is 23.4 Å². The molecular weight excluding hydrogens is 486 g/mol. The van der Waals surface area contributed by atoms with E-state index in [0.29, 0.717) is 27.8 Å². The number of anilines is 2. The highest BCUT2D eigenvalue weighted by molar-refractivity contribution is 7.99. The Hall–Kier alpha value is -3.50. The van der Waals surface area contributed by atoms with Gasteiger partial charge in [-0.15, -0.1) is 0 Å². The molecule has 0 unspecified atom stereocenters. The number of nitrogens with zero attached hydrogens (tertiary/aromatic N) is 2. The number of aromatic nitrogens is 1. The summed E-state index contributed by atoms with van der Waals surface area (Å²) in [4.78, 5) is 19.2. The van der Waals surface area contributed by atoms with E-state index in [0.717, 1.165) is 17.7 Å². The fourth-order valence-electron chi connectivity index (χ4n) is 4.19. The Kier molecular flexibility index (Phi) is 6.16. The number of para-hydroxylation sites is 3. The number of carbonyl (C=O) groups is 1. The van der Waals surface area contributed by atoms with Gasteiger partial charge in [-0.1, -0.05) is 42.1 Å². The van der Waals surface area contributed by atoms with Crippen LogP contribution in [0, 0.1) is 0 Å². The molecule has 2 heterocycles. The molecule has 10 heteroatoms. The summed E-state index contributed by atoms with van der Waals surface area (Å²) in [6.07, 6.45) is 0.829. The Morgan fingerprint density at radius 2 is 1.94 bits per heavy atom. The number of amides is 1. The van der Waals surface area contributed by atoms with Crippen molar-refractivity contribution in [3.05, 3.63) is 72.3 Å². The zero-order chi connectivity index (χ0) is 24.6. The van der Waals surface area contributed by atoms with Gasteiger partial charge in [-0.05, 0) is 55.3 Å². The van der Waals surface area contributed by atoms with Crippen LogP contribution in [0.2, 0.25) is 0 Å². The maximum atomic E-state index is 13.0. The second kappa shape index (κ2) is 9.27. The number of thioether (sulfide) groups is 1. The van der Waals surface area contributed by atoms with Gasteiger partial charge in [0.25, 0.3) is 15.2 Å². The van der Waals surface area contributed by atoms with Gasteiger partial charge in [-0.3, -0.25) is 9.52 Å². The summed E-state index contributed by atoms with van der Waals surface area (Å²) >= 11 is 1.19. The van der Waals surface area contributed by atoms with Crippen LogP contribution in [-0.4, -0.2) is 38.2 Å². The second-order valence-corrected chi connectivity index (χ2v) is 10.8. The molecule has 1 aliphatic heterocycles. The number of sulfonamides is 1. The van der Waals surface area contributed by atoms with E-state index in [1.54, 1.807) is 30.3 Å². The maximum absolute atomic E-state index is 13.0. The van der Waals surface area contributed by atoms with Gasteiger partial charge in [0.1, 0.15) is 11.3 Å². The van der Waals surface area contributed by atoms with Gasteiger partial charge in [0.15, 0.2) is 5.58 Å². The smallest absolute Gasteiger partial charge is 0.262 e. The Morgan fingerprint density at radius 1 is 1.17 bits per heavy atom. The van der Waals surface area contributed by atoms with Crippen LogP contribution in [0.4, 0.5) is 11.4 Å². The predicted octanol–water partition coefficient (Wildman–Crippen LogP) is 4.71. The molecule has 180 valence electrons. The van der Waals surface area contributed by atoms with Gasteiger partial charge in [-0.2, -0.15) is 0 Å². The molecule has 5 rings (SSSR count). The molecule has 0 aliphatic carbocycles. The summed E-state index contributed by atoms with van der Waals surface area (Å²) in [5.74, 6) is 0.544. The molecule has 0 spiro atoms. The number of oxazole rings is 1. The minimum Gasteiger partial charge on any atom is -0.495 e. The highest BCUT2D eigenvalue weighted by Crippen LogP contribution is 2.33. The molecule has 3 aromatic carbocycles. The van der Waals surface area contributed by atoms with Crippen molar-refractivity contribution in [2.75, 3.05) is 22.5 Å². The number of fused-ring (bicyclic) bond motifs is 2. The minimum atomic E-state index is -3.88. The molecule has 35 heavy (non-hydrogen) atoms. The maximum Gasteiger partial charge on any atom is 0.262 e. The number of ether oxygens (including phenoxy) is 1. The fraction of sp³-hybridized carbons (Fsp3) is 0.200. The lowest BCUT2D eigenvalue weighted by atomic mass is 10.1. The summed E-state index contributed by atoms with van der Waals surface area (Å²) in [5.41, 5.74) is 3.28. The molecular formula is C25H23N3O5S2. The van der Waals surface area contributed by atoms with E-state index < -0.39 is 10.0 Å². The molecule has 1 aliphatic rings. The van der Waals surface area contributed by atoms with Gasteiger partial charge < -0.3 is 14.1 Å². The zero-order valence-electron chi connectivity index (χ0n) is 19.1. The van der Waals surface area contributed by atoms with Crippen molar-refractivity contribution in [3.63, 3.8) is 0 Å². The highest BCUT2D eigenvalue weighted by atomic mass is 32.2. The van der Waals surface area contributed by atoms with Crippen molar-refractivity contribution in [2.24, 2.45) is 0 Å². The van der Waals surface area contributed by atoms with Crippen molar-refractivity contribution in [1.82, 2.24) is 4.98 Å². The molecule has 1 N–H and O–H groups in total. The molecule has 1 amide bonds. The third kappa shape index (κ3) is 4.59. The lowest BCUT2D eigenvalue weighted by Gasteiger charge is -2.22. The number of benzene rings is 3. The molecule has 0 bridgehead atoms. The monoisotopic (exact) mass is 509 g/mol. The summed E-state index contributed by atoms with van der Waals surface area (Å²) in [7, 11) is -2.40. The number of carbonyl (C=O) groups excluding carboxylic acids is 1. The first kappa shape index (κ1) is 23.3. The normalized spacial score (nSPS) is 15.3. The number of nitrogens with one attached hydrogen (secondary N) is 1. The van der Waals surface area contributed by atoms with Crippen molar-refractivity contribution < 1.29 is 22.4 Å². The average molecular weight is 510 g/mol. The van der Waals surface area contributed by atoms with E-state index in [1.165, 1.54) is 31.0 Å². The van der Waals surface area contributed by atoms with Crippen LogP contribution < -0.4 is 14.4 Å². The SMILES string of the molecule is COc1ccccc1NS(=O)(=O)c1ccc2oc(SCC(=O)N3c4ccccc4C[C@H]3C)nc2c1. The Morgan fingerprint density at radius 3 is 2.77 bits per heavy atom. The molecule has 0 fully saturated rings. The molecule has 0 saturated heterocycles. The minimum absolute atomic E-state index is 0.0287. The van der Waals surface area contributed by atoms with Crippen molar-refractivity contribution in [3.8, 4) is 5.75 Å². The number of hydrogen-bond donors (Lipinski definition) is 1. The third-order valence-electron chi connectivity index (χ3n) is 5.80. The molecule has 1 aromatic heterocycles. The number of rotatable bonds is 7. The van der Waals surface area contributed by atoms with Crippen LogP contribution in [0.5, 0.6) is 5.75 Å². The topological polar surface area (TPSA) is 102 Å². The van der Waals surface area contributed by atoms with Crippen LogP contribution in [0.25, 0.3) is 11.1 Å². The number of methoxy groups -OCH3 is 1. The molecule has 0 radical (unpaired) electrons. The van der Waals surface area contributed by atoms with Crippen molar-refractivity contribution >= 4 is 50.2 Å². The summed E-state index contributed by atoms with van der Waals surface area (Å²) in [6.45, 7) is 2.03. The standard InChI is InChI=1S/C25H23N3O5S2/c1-16-13-17-7-3-5-9-21(17)28(16)24(29)15-34-25-26-20-14-18(11-12-23(20)33-25)35(30,31)27-19-8-4-6-10-22(19)32-2/h3-12,14,16,27H,13,15H2,1-2H3/t16-/m1/s1. The largest absolute Gasteiger partial charge is 0.495 e. The summed E-state index contributed by atoms with van der Waals surface area (Å²) in [6, 6.07) is 19.2. The van der Waals surface area contributed by atoms with Gasteiger partial charge in [0.2, 0.25) is 5.91 Å². The van der Waals surface area contributed by atoms with Crippen LogP contribution in [0.3, 0.4) is 0 Å². The van der Waals surface area contributed by atoms with Gasteiger partial charge in [0, 0.05) is 11.7 Å². The Bertz CT molecular complexity index is 1520. The Balaban J connectivity index is 1.31. The molecule has 8 nitrogen and oxygen atoms in total. The van der Waals surface area contributed by atoms with Crippen LogP contribution in [0.1, 0.15) is 12.5 Å². The first-order valence-electron chi connectivity index (χ1n) is 10.9. The molecule has 4 aromatic rings. The van der Waals surface area contributed by atoms with Crippen molar-refractivity contribution in [1.29, 1.82) is 0 Å². The van der Waals surface area contributed by atoms with Crippen molar-refractivity contribution in [2.45, 2.75) is 29.5 Å². The number of hydrogen-bond acceptors (Lipinski definition) is 7. The van der Waals surface area contributed by atoms with Gasteiger partial charge in [-0.25, -0.2) is 13.4 Å². The average Bonchev–Trinajstić information content (AvgIpc) is 3.41. The van der Waals surface area contributed by atoms with Gasteiger partial charge >= 0.3 is 0 Å². The Labute approximate surface area is 207 Å². The first-order chi connectivity index (χ1) is 16.9. The van der Waals surface area contributed by atoms with E-state index >= 15 is 0 Å². The molecule has 1 atom stereocenters. The van der Waals surface area contributed by atoms with E-state index in [2.05, 4.69) is 9.71 Å². The summed E-state index contributed by atoms with van der Waals surface area (Å²) < 4.78 is 39.4. The van der Waals surface area contributed by atoms with E-state index in [9.17, 15) is 13.2 Å².